The van der Waals surface area contributed by atoms with E-state index in [1.165, 1.54) is 73.5 Å². The fourth-order valence-corrected chi connectivity index (χ4v) is 8.66. The molecule has 4 unspecified atom stereocenters. The lowest BCUT2D eigenvalue weighted by Crippen LogP contribution is -2.44. The second-order valence-corrected chi connectivity index (χ2v) is 19.3. The van der Waals surface area contributed by atoms with E-state index >= 15 is 0 Å². The molecule has 0 aliphatic carbocycles. The lowest BCUT2D eigenvalue weighted by atomic mass is 10.1. The Bertz CT molecular complexity index is 2770. The number of anilines is 4. The number of methoxy groups -OCH3 is 1. The number of rotatable bonds is 33. The van der Waals surface area contributed by atoms with E-state index in [0.29, 0.717) is 88.9 Å². The van der Waals surface area contributed by atoms with Crippen molar-refractivity contribution in [2.75, 3.05) is 60.8 Å². The maximum Gasteiger partial charge on any atom is 0.255 e. The lowest BCUT2D eigenvalue weighted by molar-refractivity contribution is -0.118. The largest absolute Gasteiger partial charge is 0.507 e. The number of nitrogens with two attached hydrogens (primary N) is 6. The summed E-state index contributed by atoms with van der Waals surface area (Å²) in [7, 11) is 1.36. The smallest absolute Gasteiger partial charge is 0.255 e. The third-order valence-electron chi connectivity index (χ3n) is 12.5. The van der Waals surface area contributed by atoms with Gasteiger partial charge in [-0.3, -0.25) is 38.4 Å². The first-order valence-corrected chi connectivity index (χ1v) is 27.1. The Morgan fingerprint density at radius 3 is 1.27 bits per heavy atom. The van der Waals surface area contributed by atoms with Gasteiger partial charge in [0, 0.05) is 27.6 Å². The molecule has 0 spiro atoms. The Morgan fingerprint density at radius 2 is 0.835 bits per heavy atom. The highest BCUT2D eigenvalue weighted by molar-refractivity contribution is 7.98. The van der Waals surface area contributed by atoms with E-state index in [-0.39, 0.29) is 75.8 Å². The van der Waals surface area contributed by atoms with Gasteiger partial charge in [0.05, 0.1) is 35.4 Å². The van der Waals surface area contributed by atoms with E-state index in [0.717, 1.165) is 0 Å². The second-order valence-electron chi connectivity index (χ2n) is 18.4. The molecular weight excluding hydrogens is 1040 g/mol. The van der Waals surface area contributed by atoms with Crippen molar-refractivity contribution in [1.29, 1.82) is 0 Å². The van der Waals surface area contributed by atoms with Crippen molar-refractivity contribution in [3.05, 3.63) is 95.1 Å². The molecule has 0 saturated heterocycles. The maximum absolute atomic E-state index is 14.1. The van der Waals surface area contributed by atoms with E-state index in [4.69, 9.17) is 39.1 Å². The van der Waals surface area contributed by atoms with Gasteiger partial charge in [0.15, 0.2) is 0 Å². The van der Waals surface area contributed by atoms with Crippen LogP contribution < -0.4 is 76.4 Å². The van der Waals surface area contributed by atoms with Gasteiger partial charge in [-0.05, 0) is 176 Å². The number of carbonyl (C=O) groups excluding carboxylic acids is 8. The number of nitrogens with one attached hydrogen (secondary N) is 7. The quantitative estimate of drug-likeness (QED) is 0.0185. The Balaban J connectivity index is 1.53. The lowest BCUT2D eigenvalue weighted by Gasteiger charge is -2.21. The summed E-state index contributed by atoms with van der Waals surface area (Å²) in [5, 5.41) is 40.0. The molecule has 4 rings (SSSR count). The van der Waals surface area contributed by atoms with Crippen LogP contribution in [0.1, 0.15) is 118 Å². The molecule has 4 aromatic carbocycles. The maximum atomic E-state index is 14.1. The Kier molecular flexibility index (Phi) is 26.5. The Hall–Kier alpha value is -7.81. The number of phenols is 2. The first-order valence-electron chi connectivity index (χ1n) is 25.9. The molecule has 0 aliphatic rings. The normalized spacial score (nSPS) is 12.4. The van der Waals surface area contributed by atoms with Gasteiger partial charge < -0.3 is 86.6 Å². The van der Waals surface area contributed by atoms with Crippen molar-refractivity contribution < 1.29 is 53.3 Å². The number of phenolic OH excluding ortho intramolecular Hbond substituents is 1. The topological polar surface area (TPSA) is 427 Å². The average molecular weight is 1110 g/mol. The SMILES string of the molecule is COc1ccc(NC(=O)C(N)CCCCN)cc1C(=O)NC(CCCCN)C(=O)Nc1ccc(O)c(C(=O)NC(CCCCN)C(=O)Nc2ccc(SC)c(C(=O)NC(CCCCN)C(=O)Nc3ccc(O)c(C(N)=O)c3)c2)c1. The van der Waals surface area contributed by atoms with Crippen molar-refractivity contribution in [2.45, 2.75) is 106 Å². The van der Waals surface area contributed by atoms with Crippen LogP contribution in [0.15, 0.2) is 77.7 Å². The molecule has 428 valence electrons. The van der Waals surface area contributed by atoms with Crippen molar-refractivity contribution >= 4 is 81.8 Å². The molecular formula is C54H75N13O11S. The number of aromatic hydroxyl groups is 2. The minimum absolute atomic E-state index is 0.0157. The number of benzene rings is 4. The molecule has 0 radical (unpaired) electrons. The first-order chi connectivity index (χ1) is 37.9. The van der Waals surface area contributed by atoms with Gasteiger partial charge in [-0.2, -0.15) is 0 Å². The highest BCUT2D eigenvalue weighted by atomic mass is 32.2. The molecule has 8 amide bonds. The van der Waals surface area contributed by atoms with Crippen LogP contribution in [-0.4, -0.2) is 121 Å². The van der Waals surface area contributed by atoms with Crippen LogP contribution in [0.3, 0.4) is 0 Å². The molecule has 0 aliphatic heterocycles. The monoisotopic (exact) mass is 1110 g/mol. The zero-order valence-electron chi connectivity index (χ0n) is 44.5. The fraction of sp³-hybridized carbons (Fsp3) is 0.407. The molecule has 0 aromatic heterocycles. The van der Waals surface area contributed by atoms with Crippen molar-refractivity contribution in [3.8, 4) is 17.2 Å². The molecule has 0 heterocycles. The van der Waals surface area contributed by atoms with Gasteiger partial charge in [0.1, 0.15) is 35.4 Å². The van der Waals surface area contributed by atoms with Crippen LogP contribution in [0.25, 0.3) is 0 Å². The van der Waals surface area contributed by atoms with E-state index in [1.807, 2.05) is 0 Å². The molecule has 4 aromatic rings. The van der Waals surface area contributed by atoms with Gasteiger partial charge in [-0.15, -0.1) is 11.8 Å². The van der Waals surface area contributed by atoms with Crippen LogP contribution in [-0.2, 0) is 19.2 Å². The average Bonchev–Trinajstić information content (AvgIpc) is 3.44. The number of ether oxygens (including phenoxy) is 1. The van der Waals surface area contributed by atoms with Gasteiger partial charge in [0.2, 0.25) is 23.6 Å². The van der Waals surface area contributed by atoms with Gasteiger partial charge in [-0.25, -0.2) is 0 Å². The van der Waals surface area contributed by atoms with Crippen molar-refractivity contribution in [1.82, 2.24) is 16.0 Å². The minimum Gasteiger partial charge on any atom is -0.507 e. The van der Waals surface area contributed by atoms with Crippen LogP contribution >= 0.6 is 11.8 Å². The van der Waals surface area contributed by atoms with Crippen molar-refractivity contribution in [2.24, 2.45) is 34.4 Å². The van der Waals surface area contributed by atoms with E-state index in [1.54, 1.807) is 24.5 Å². The summed E-state index contributed by atoms with van der Waals surface area (Å²) in [5.41, 5.74) is 34.5. The summed E-state index contributed by atoms with van der Waals surface area (Å²) in [6, 6.07) is 12.3. The third-order valence-corrected chi connectivity index (χ3v) is 13.3. The van der Waals surface area contributed by atoms with E-state index < -0.39 is 77.2 Å². The summed E-state index contributed by atoms with van der Waals surface area (Å²) in [4.78, 5) is 109. The fourth-order valence-electron chi connectivity index (χ4n) is 8.09. The number of hydrogen-bond acceptors (Lipinski definition) is 17. The summed E-state index contributed by atoms with van der Waals surface area (Å²) in [6.07, 6.45) is 6.87. The molecule has 4 atom stereocenters. The zero-order valence-corrected chi connectivity index (χ0v) is 45.3. The molecule has 79 heavy (non-hydrogen) atoms. The Labute approximate surface area is 463 Å². The summed E-state index contributed by atoms with van der Waals surface area (Å²) < 4.78 is 5.43. The predicted octanol–water partition coefficient (Wildman–Crippen LogP) is 2.92. The molecule has 24 nitrogen and oxygen atoms in total. The second kappa shape index (κ2) is 32.8. The van der Waals surface area contributed by atoms with Crippen LogP contribution in [0.4, 0.5) is 22.7 Å². The van der Waals surface area contributed by atoms with E-state index in [2.05, 4.69) is 37.2 Å². The van der Waals surface area contributed by atoms with Crippen molar-refractivity contribution in [3.63, 3.8) is 0 Å². The highest BCUT2D eigenvalue weighted by Gasteiger charge is 2.28. The summed E-state index contributed by atoms with van der Waals surface area (Å²) >= 11 is 1.24. The van der Waals surface area contributed by atoms with Crippen LogP contribution in [0, 0.1) is 0 Å². The van der Waals surface area contributed by atoms with Gasteiger partial charge in [0.25, 0.3) is 23.6 Å². The number of carbonyl (C=O) groups is 8. The molecule has 0 bridgehead atoms. The zero-order chi connectivity index (χ0) is 58.0. The number of thioether (sulfide) groups is 1. The number of unbranched alkanes of at least 4 members (excludes halogenated alkanes) is 4. The van der Waals surface area contributed by atoms with E-state index in [9.17, 15) is 48.6 Å². The minimum atomic E-state index is -1.20. The van der Waals surface area contributed by atoms with Gasteiger partial charge >= 0.3 is 0 Å². The van der Waals surface area contributed by atoms with Crippen LogP contribution in [0.5, 0.6) is 17.2 Å². The molecule has 21 N–H and O–H groups in total. The summed E-state index contributed by atoms with van der Waals surface area (Å²) in [5.74, 6) is -6.26. The molecule has 25 heteroatoms. The van der Waals surface area contributed by atoms with Crippen LogP contribution in [0.2, 0.25) is 0 Å². The molecule has 0 saturated carbocycles. The number of primary amides is 1. The van der Waals surface area contributed by atoms with Gasteiger partial charge in [-0.1, -0.05) is 6.42 Å². The first kappa shape index (κ1) is 63.7. The highest BCUT2D eigenvalue weighted by Crippen LogP contribution is 2.28. The standard InChI is InChI=1S/C54H75N13O11S/c1-78-45-21-17-33(61-51(74)39(59)11-3-7-23-55)29-37(45)49(72)66-41(13-5-9-25-57)53(76)63-32-16-20-44(69)36(28-32)48(71)65-40(12-4-8-24-56)52(75)64-34-18-22-46(79-2)38(30-34)50(73)67-42(14-6-10-26-58)54(77)62-31-15-19-43(68)35(27-31)47(60)70/h15-22,27-30,39-42,68-69H,3-14,23-26,55-59H2,1-2H3,(H2,60,70)(H,61,74)(H,62,77)(H,63,76)(H,64,75)(H,65,71)(H,66,72)(H,67,73). The third kappa shape index (κ3) is 19.9. The number of hydrogen-bond donors (Lipinski definition) is 15. The Morgan fingerprint density at radius 1 is 0.481 bits per heavy atom. The molecule has 0 fully saturated rings. The predicted molar refractivity (Wildman–Crippen MR) is 304 cm³/mol. The number of amides is 8. The summed E-state index contributed by atoms with van der Waals surface area (Å²) in [6.45, 7) is 1.43.